The molecule has 2 aliphatic rings. The minimum Gasteiger partial charge on any atom is -0.303 e. The summed E-state index contributed by atoms with van der Waals surface area (Å²) >= 11 is 0. The van der Waals surface area contributed by atoms with E-state index in [-0.39, 0.29) is 11.7 Å². The van der Waals surface area contributed by atoms with E-state index in [0.717, 1.165) is 18.5 Å². The van der Waals surface area contributed by atoms with Gasteiger partial charge in [-0.15, -0.1) is 0 Å². The standard InChI is InChI=1S/C19H20FN/c1-21-11-10-16-13-6-2-3-7-14(13)17(12-19(16)21)15-8-4-5-9-18(15)20/h2-9,16-17,19H,10-12H2,1H3/t16-,17-,19-/m1/s1. The highest BCUT2D eigenvalue weighted by atomic mass is 19.1. The molecular weight excluding hydrogens is 261 g/mol. The van der Waals surface area contributed by atoms with Gasteiger partial charge < -0.3 is 4.90 Å². The summed E-state index contributed by atoms with van der Waals surface area (Å²) in [6.45, 7) is 1.15. The lowest BCUT2D eigenvalue weighted by Crippen LogP contribution is -2.34. The van der Waals surface area contributed by atoms with Crippen LogP contribution in [0.15, 0.2) is 48.5 Å². The first kappa shape index (κ1) is 13.0. The Morgan fingerprint density at radius 2 is 1.62 bits per heavy atom. The summed E-state index contributed by atoms with van der Waals surface area (Å²) in [7, 11) is 2.21. The molecule has 0 radical (unpaired) electrons. The fourth-order valence-electron chi connectivity index (χ4n) is 4.30. The first-order valence-electron chi connectivity index (χ1n) is 7.79. The summed E-state index contributed by atoms with van der Waals surface area (Å²) in [6.07, 6.45) is 2.25. The Kier molecular flexibility index (Phi) is 3.07. The molecule has 0 amide bonds. The van der Waals surface area contributed by atoms with Crippen LogP contribution in [0.3, 0.4) is 0 Å². The van der Waals surface area contributed by atoms with Crippen LogP contribution in [0.25, 0.3) is 0 Å². The maximum absolute atomic E-state index is 14.3. The second-order valence-corrected chi connectivity index (χ2v) is 6.38. The molecule has 0 N–H and O–H groups in total. The van der Waals surface area contributed by atoms with Crippen LogP contribution in [0, 0.1) is 5.82 Å². The number of fused-ring (bicyclic) bond motifs is 3. The summed E-state index contributed by atoms with van der Waals surface area (Å²) in [5.41, 5.74) is 3.62. The number of benzene rings is 2. The van der Waals surface area contributed by atoms with Crippen LogP contribution in [-0.2, 0) is 0 Å². The third kappa shape index (κ3) is 2.01. The predicted molar refractivity (Wildman–Crippen MR) is 83.1 cm³/mol. The number of likely N-dealkylation sites (tertiary alicyclic amines) is 1. The molecule has 0 saturated carbocycles. The summed E-state index contributed by atoms with van der Waals surface area (Å²) in [5, 5.41) is 0. The molecule has 0 unspecified atom stereocenters. The van der Waals surface area contributed by atoms with Crippen LogP contribution in [0.4, 0.5) is 4.39 Å². The van der Waals surface area contributed by atoms with Gasteiger partial charge in [0.15, 0.2) is 0 Å². The normalized spacial score (nSPS) is 28.2. The molecule has 1 heterocycles. The van der Waals surface area contributed by atoms with Gasteiger partial charge in [-0.05, 0) is 49.2 Å². The lowest BCUT2D eigenvalue weighted by atomic mass is 9.71. The Morgan fingerprint density at radius 1 is 0.952 bits per heavy atom. The van der Waals surface area contributed by atoms with Crippen molar-refractivity contribution in [3.8, 4) is 0 Å². The molecule has 108 valence electrons. The van der Waals surface area contributed by atoms with Gasteiger partial charge in [0.1, 0.15) is 5.82 Å². The van der Waals surface area contributed by atoms with Gasteiger partial charge in [0.25, 0.3) is 0 Å². The second kappa shape index (κ2) is 4.96. The van der Waals surface area contributed by atoms with Gasteiger partial charge in [-0.3, -0.25) is 0 Å². The fraction of sp³-hybridized carbons (Fsp3) is 0.368. The largest absolute Gasteiger partial charge is 0.303 e. The van der Waals surface area contributed by atoms with Gasteiger partial charge in [0.05, 0.1) is 0 Å². The first-order valence-corrected chi connectivity index (χ1v) is 7.79. The molecule has 2 aromatic rings. The number of nitrogens with zero attached hydrogens (tertiary/aromatic N) is 1. The molecule has 0 bridgehead atoms. The quantitative estimate of drug-likeness (QED) is 0.759. The van der Waals surface area contributed by atoms with E-state index in [2.05, 4.69) is 36.2 Å². The van der Waals surface area contributed by atoms with E-state index < -0.39 is 0 Å². The predicted octanol–water partition coefficient (Wildman–Crippen LogP) is 4.15. The molecule has 2 aromatic carbocycles. The minimum atomic E-state index is -0.0728. The van der Waals surface area contributed by atoms with Gasteiger partial charge in [0.2, 0.25) is 0 Å². The Balaban J connectivity index is 1.85. The van der Waals surface area contributed by atoms with Crippen LogP contribution in [0.5, 0.6) is 0 Å². The maximum atomic E-state index is 14.3. The van der Waals surface area contributed by atoms with Crippen LogP contribution >= 0.6 is 0 Å². The molecule has 1 aliphatic heterocycles. The van der Waals surface area contributed by atoms with Gasteiger partial charge in [0, 0.05) is 17.9 Å². The second-order valence-electron chi connectivity index (χ2n) is 6.38. The Bertz CT molecular complexity index is 666. The van der Waals surface area contributed by atoms with Crippen LogP contribution in [-0.4, -0.2) is 24.5 Å². The average molecular weight is 281 g/mol. The van der Waals surface area contributed by atoms with Crippen LogP contribution in [0.1, 0.15) is 41.4 Å². The monoisotopic (exact) mass is 281 g/mol. The van der Waals surface area contributed by atoms with Crippen molar-refractivity contribution in [1.29, 1.82) is 0 Å². The topological polar surface area (TPSA) is 3.24 Å². The number of hydrogen-bond donors (Lipinski definition) is 0. The molecule has 2 heteroatoms. The molecule has 1 fully saturated rings. The fourth-order valence-corrected chi connectivity index (χ4v) is 4.30. The highest BCUT2D eigenvalue weighted by molar-refractivity contribution is 5.44. The minimum absolute atomic E-state index is 0.0728. The molecule has 1 aliphatic carbocycles. The van der Waals surface area contributed by atoms with E-state index in [0.29, 0.717) is 12.0 Å². The zero-order valence-electron chi connectivity index (χ0n) is 12.3. The molecule has 21 heavy (non-hydrogen) atoms. The first-order chi connectivity index (χ1) is 10.3. The number of rotatable bonds is 1. The van der Waals surface area contributed by atoms with Crippen molar-refractivity contribution in [3.05, 3.63) is 71.0 Å². The molecule has 0 aromatic heterocycles. The SMILES string of the molecule is CN1CC[C@@H]2c3ccccc3[C@H](c3ccccc3F)C[C@H]21. The van der Waals surface area contributed by atoms with E-state index >= 15 is 0 Å². The highest BCUT2D eigenvalue weighted by Gasteiger charge is 2.41. The van der Waals surface area contributed by atoms with E-state index in [4.69, 9.17) is 0 Å². The van der Waals surface area contributed by atoms with Gasteiger partial charge in [-0.25, -0.2) is 4.39 Å². The Morgan fingerprint density at radius 3 is 2.38 bits per heavy atom. The molecule has 1 saturated heterocycles. The summed E-state index contributed by atoms with van der Waals surface area (Å²) in [4.78, 5) is 2.45. The average Bonchev–Trinajstić information content (AvgIpc) is 2.89. The Labute approximate surface area is 125 Å². The third-order valence-electron chi connectivity index (χ3n) is 5.35. The Hall–Kier alpha value is -1.67. The smallest absolute Gasteiger partial charge is 0.127 e. The van der Waals surface area contributed by atoms with Crippen LogP contribution in [0.2, 0.25) is 0 Å². The lowest BCUT2D eigenvalue weighted by molar-refractivity contribution is 0.264. The molecular formula is C19H20FN. The zero-order chi connectivity index (χ0) is 14.4. The van der Waals surface area contributed by atoms with Gasteiger partial charge in [-0.1, -0.05) is 42.5 Å². The molecule has 3 atom stereocenters. The number of likely N-dealkylation sites (N-methyl/N-ethyl adjacent to an activating group) is 1. The van der Waals surface area contributed by atoms with E-state index in [1.165, 1.54) is 17.5 Å². The summed E-state index contributed by atoms with van der Waals surface area (Å²) in [5.74, 6) is 0.731. The van der Waals surface area contributed by atoms with Crippen molar-refractivity contribution in [2.45, 2.75) is 30.7 Å². The van der Waals surface area contributed by atoms with Crippen molar-refractivity contribution in [1.82, 2.24) is 4.90 Å². The van der Waals surface area contributed by atoms with Crippen molar-refractivity contribution < 1.29 is 4.39 Å². The molecule has 4 rings (SSSR count). The van der Waals surface area contributed by atoms with E-state index in [9.17, 15) is 4.39 Å². The molecule has 1 nitrogen and oxygen atoms in total. The van der Waals surface area contributed by atoms with Crippen molar-refractivity contribution in [3.63, 3.8) is 0 Å². The third-order valence-corrected chi connectivity index (χ3v) is 5.35. The van der Waals surface area contributed by atoms with Crippen LogP contribution < -0.4 is 0 Å². The number of hydrogen-bond acceptors (Lipinski definition) is 1. The summed E-state index contributed by atoms with van der Waals surface area (Å²) < 4.78 is 14.3. The van der Waals surface area contributed by atoms with Gasteiger partial charge >= 0.3 is 0 Å². The number of halogens is 1. The van der Waals surface area contributed by atoms with Gasteiger partial charge in [-0.2, -0.15) is 0 Å². The zero-order valence-corrected chi connectivity index (χ0v) is 12.3. The summed E-state index contributed by atoms with van der Waals surface area (Å²) in [6, 6.07) is 16.5. The maximum Gasteiger partial charge on any atom is 0.127 e. The lowest BCUT2D eigenvalue weighted by Gasteiger charge is -2.37. The molecule has 0 spiro atoms. The highest BCUT2D eigenvalue weighted by Crippen LogP contribution is 2.48. The van der Waals surface area contributed by atoms with E-state index in [1.807, 2.05) is 12.1 Å². The van der Waals surface area contributed by atoms with Crippen molar-refractivity contribution in [2.75, 3.05) is 13.6 Å². The van der Waals surface area contributed by atoms with Crippen molar-refractivity contribution >= 4 is 0 Å². The van der Waals surface area contributed by atoms with E-state index in [1.54, 1.807) is 12.1 Å². The van der Waals surface area contributed by atoms with Crippen molar-refractivity contribution in [2.24, 2.45) is 0 Å².